The molecule has 0 atom stereocenters. The normalized spacial score (nSPS) is 18.0. The minimum absolute atomic E-state index is 0.263. The first kappa shape index (κ1) is 10.6. The summed E-state index contributed by atoms with van der Waals surface area (Å²) >= 11 is 0. The van der Waals surface area contributed by atoms with Crippen LogP contribution in [0.5, 0.6) is 0 Å². The molecule has 90 valence electrons. The first-order valence-corrected chi connectivity index (χ1v) is 6.28. The molecule has 4 nitrogen and oxygen atoms in total. The van der Waals surface area contributed by atoms with Gasteiger partial charge in [-0.15, -0.1) is 0 Å². The predicted molar refractivity (Wildman–Crippen MR) is 69.0 cm³/mol. The quantitative estimate of drug-likeness (QED) is 0.881. The Kier molecular flexibility index (Phi) is 2.31. The highest BCUT2D eigenvalue weighted by Crippen LogP contribution is 2.38. The number of aryl methyl sites for hydroxylation is 1. The van der Waals surface area contributed by atoms with Gasteiger partial charge in [0.25, 0.3) is 0 Å². The van der Waals surface area contributed by atoms with Gasteiger partial charge < -0.3 is 9.88 Å². The van der Waals surface area contributed by atoms with Gasteiger partial charge in [-0.3, -0.25) is 0 Å². The predicted octanol–water partition coefficient (Wildman–Crippen LogP) is 2.71. The molecule has 0 amide bonds. The Balaban J connectivity index is 2.00. The number of imidazole rings is 1. The van der Waals surface area contributed by atoms with Gasteiger partial charge in [0.2, 0.25) is 0 Å². The second kappa shape index (κ2) is 3.72. The molecule has 0 spiro atoms. The van der Waals surface area contributed by atoms with Gasteiger partial charge in [0.05, 0.1) is 11.8 Å². The van der Waals surface area contributed by atoms with E-state index in [0.29, 0.717) is 0 Å². The monoisotopic (exact) mass is 230 g/mol. The van der Waals surface area contributed by atoms with E-state index in [4.69, 9.17) is 0 Å². The smallest absolute Gasteiger partial charge is 0.154 e. The zero-order valence-electron chi connectivity index (χ0n) is 10.4. The summed E-state index contributed by atoms with van der Waals surface area (Å²) in [6.07, 6.45) is 8.66. The van der Waals surface area contributed by atoms with Crippen LogP contribution < -0.4 is 5.32 Å². The van der Waals surface area contributed by atoms with Crippen LogP contribution in [0.3, 0.4) is 0 Å². The van der Waals surface area contributed by atoms with Crippen molar-refractivity contribution in [3.63, 3.8) is 0 Å². The minimum Gasteiger partial charge on any atom is -0.363 e. The molecule has 0 radical (unpaired) electrons. The molecule has 0 saturated heterocycles. The molecular weight excluding hydrogens is 212 g/mol. The van der Waals surface area contributed by atoms with E-state index >= 15 is 0 Å². The summed E-state index contributed by atoms with van der Waals surface area (Å²) in [7, 11) is 2.01. The molecule has 0 unspecified atom stereocenters. The SMILES string of the molecule is CCC1(Nc2nccc3c2ncn3C)CCC1. The van der Waals surface area contributed by atoms with Crippen LogP contribution in [0.2, 0.25) is 0 Å². The van der Waals surface area contributed by atoms with Crippen molar-refractivity contribution in [2.45, 2.75) is 38.1 Å². The van der Waals surface area contributed by atoms with E-state index < -0.39 is 0 Å². The first-order valence-electron chi connectivity index (χ1n) is 6.28. The van der Waals surface area contributed by atoms with Gasteiger partial charge in [-0.1, -0.05) is 6.92 Å². The van der Waals surface area contributed by atoms with Crippen LogP contribution in [0.4, 0.5) is 5.82 Å². The van der Waals surface area contributed by atoms with Crippen molar-refractivity contribution in [1.82, 2.24) is 14.5 Å². The number of hydrogen-bond acceptors (Lipinski definition) is 3. The summed E-state index contributed by atoms with van der Waals surface area (Å²) in [4.78, 5) is 8.88. The van der Waals surface area contributed by atoms with Crippen LogP contribution in [0.25, 0.3) is 11.0 Å². The fourth-order valence-corrected chi connectivity index (χ4v) is 2.58. The van der Waals surface area contributed by atoms with Gasteiger partial charge in [-0.25, -0.2) is 9.97 Å². The van der Waals surface area contributed by atoms with Crippen molar-refractivity contribution in [3.8, 4) is 0 Å². The second-order valence-electron chi connectivity index (χ2n) is 5.00. The lowest BCUT2D eigenvalue weighted by Crippen LogP contribution is -2.44. The number of pyridine rings is 1. The Morgan fingerprint density at radius 2 is 2.24 bits per heavy atom. The molecule has 2 aromatic heterocycles. The third kappa shape index (κ3) is 1.59. The topological polar surface area (TPSA) is 42.7 Å². The molecule has 2 heterocycles. The van der Waals surface area contributed by atoms with Gasteiger partial charge in [0.1, 0.15) is 5.52 Å². The number of nitrogens with zero attached hydrogens (tertiary/aromatic N) is 3. The molecule has 0 aromatic carbocycles. The van der Waals surface area contributed by atoms with E-state index in [-0.39, 0.29) is 5.54 Å². The number of rotatable bonds is 3. The van der Waals surface area contributed by atoms with Gasteiger partial charge >= 0.3 is 0 Å². The van der Waals surface area contributed by atoms with Crippen molar-refractivity contribution >= 4 is 16.9 Å². The molecular formula is C13H18N4. The number of hydrogen-bond donors (Lipinski definition) is 1. The standard InChI is InChI=1S/C13H18N4/c1-3-13(6-4-7-13)16-12-11-10(5-8-14-12)17(2)9-15-11/h5,8-9H,3-4,6-7H2,1-2H3,(H,14,16). The third-order valence-electron chi connectivity index (χ3n) is 4.01. The third-order valence-corrected chi connectivity index (χ3v) is 4.01. The van der Waals surface area contributed by atoms with Crippen molar-refractivity contribution < 1.29 is 0 Å². The van der Waals surface area contributed by atoms with Gasteiger partial charge in [-0.05, 0) is 31.7 Å². The average molecular weight is 230 g/mol. The van der Waals surface area contributed by atoms with E-state index in [9.17, 15) is 0 Å². The Hall–Kier alpha value is -1.58. The van der Waals surface area contributed by atoms with Crippen molar-refractivity contribution in [2.75, 3.05) is 5.32 Å². The molecule has 17 heavy (non-hydrogen) atoms. The summed E-state index contributed by atoms with van der Waals surface area (Å²) in [5, 5.41) is 3.61. The molecule has 2 aromatic rings. The molecule has 0 bridgehead atoms. The van der Waals surface area contributed by atoms with E-state index in [1.54, 1.807) is 0 Å². The lowest BCUT2D eigenvalue weighted by Gasteiger charge is -2.42. The number of aromatic nitrogens is 3. The number of fused-ring (bicyclic) bond motifs is 1. The highest BCUT2D eigenvalue weighted by molar-refractivity contribution is 5.86. The van der Waals surface area contributed by atoms with Crippen LogP contribution >= 0.6 is 0 Å². The van der Waals surface area contributed by atoms with E-state index in [0.717, 1.165) is 23.3 Å². The fourth-order valence-electron chi connectivity index (χ4n) is 2.58. The first-order chi connectivity index (χ1) is 8.24. The second-order valence-corrected chi connectivity index (χ2v) is 5.00. The average Bonchev–Trinajstić information content (AvgIpc) is 2.67. The van der Waals surface area contributed by atoms with Gasteiger partial charge in [-0.2, -0.15) is 0 Å². The summed E-state index contributed by atoms with van der Waals surface area (Å²) < 4.78 is 2.03. The number of anilines is 1. The summed E-state index contributed by atoms with van der Waals surface area (Å²) in [5.41, 5.74) is 2.38. The van der Waals surface area contributed by atoms with E-state index in [2.05, 4.69) is 22.2 Å². The highest BCUT2D eigenvalue weighted by Gasteiger charge is 2.35. The van der Waals surface area contributed by atoms with Crippen LogP contribution in [0.15, 0.2) is 18.6 Å². The molecule has 1 aliphatic carbocycles. The Morgan fingerprint density at radius 3 is 2.88 bits per heavy atom. The maximum atomic E-state index is 4.45. The van der Waals surface area contributed by atoms with Crippen molar-refractivity contribution in [1.29, 1.82) is 0 Å². The van der Waals surface area contributed by atoms with Gasteiger partial charge in [0.15, 0.2) is 5.82 Å². The Bertz CT molecular complexity index is 534. The summed E-state index contributed by atoms with van der Waals surface area (Å²) in [6.45, 7) is 2.24. The Morgan fingerprint density at radius 1 is 1.41 bits per heavy atom. The lowest BCUT2D eigenvalue weighted by molar-refractivity contribution is 0.269. The van der Waals surface area contributed by atoms with E-state index in [1.165, 1.54) is 19.3 Å². The minimum atomic E-state index is 0.263. The van der Waals surface area contributed by atoms with Crippen LogP contribution in [-0.4, -0.2) is 20.1 Å². The maximum absolute atomic E-state index is 4.45. The zero-order valence-corrected chi connectivity index (χ0v) is 10.4. The van der Waals surface area contributed by atoms with Crippen molar-refractivity contribution in [3.05, 3.63) is 18.6 Å². The molecule has 4 heteroatoms. The van der Waals surface area contributed by atoms with Crippen LogP contribution in [0, 0.1) is 0 Å². The van der Waals surface area contributed by atoms with Crippen LogP contribution in [0.1, 0.15) is 32.6 Å². The summed E-state index contributed by atoms with van der Waals surface area (Å²) in [6, 6.07) is 2.01. The maximum Gasteiger partial charge on any atom is 0.154 e. The highest BCUT2D eigenvalue weighted by atomic mass is 15.1. The number of nitrogens with one attached hydrogen (secondary N) is 1. The van der Waals surface area contributed by atoms with E-state index in [1.807, 2.05) is 30.2 Å². The van der Waals surface area contributed by atoms with Gasteiger partial charge in [0, 0.05) is 18.8 Å². The lowest BCUT2D eigenvalue weighted by atomic mass is 9.75. The molecule has 1 aliphatic rings. The fraction of sp³-hybridized carbons (Fsp3) is 0.538. The zero-order chi connectivity index (χ0) is 11.9. The molecule has 3 rings (SSSR count). The molecule has 1 N–H and O–H groups in total. The van der Waals surface area contributed by atoms with Crippen molar-refractivity contribution in [2.24, 2.45) is 7.05 Å². The van der Waals surface area contributed by atoms with Crippen LogP contribution in [-0.2, 0) is 7.05 Å². The Labute approximate surface area is 101 Å². The molecule has 1 saturated carbocycles. The summed E-state index contributed by atoms with van der Waals surface area (Å²) in [5.74, 6) is 0.935. The molecule has 0 aliphatic heterocycles. The largest absolute Gasteiger partial charge is 0.363 e. The molecule has 1 fully saturated rings.